The highest BCUT2D eigenvalue weighted by atomic mass is 16.5. The maximum Gasteiger partial charge on any atom is 0.118 e. The average molecular weight is 305 g/mol. The summed E-state index contributed by atoms with van der Waals surface area (Å²) in [5.41, 5.74) is 7.05. The maximum absolute atomic E-state index is 5.20. The van der Waals surface area contributed by atoms with Crippen molar-refractivity contribution in [2.24, 2.45) is 5.10 Å². The lowest BCUT2D eigenvalue weighted by Crippen LogP contribution is -2.03. The molecule has 0 aliphatic rings. The Kier molecular flexibility index (Phi) is 4.52. The molecule has 0 atom stereocenters. The Hall–Kier alpha value is -2.88. The largest absolute Gasteiger partial charge is 0.497 e. The van der Waals surface area contributed by atoms with Crippen LogP contribution in [0.3, 0.4) is 0 Å². The molecule has 1 aromatic heterocycles. The third-order valence-corrected chi connectivity index (χ3v) is 3.70. The number of methoxy groups -OCH3 is 1. The second-order valence-electron chi connectivity index (χ2n) is 5.13. The van der Waals surface area contributed by atoms with Crippen molar-refractivity contribution in [3.63, 3.8) is 0 Å². The van der Waals surface area contributed by atoms with E-state index in [0.29, 0.717) is 0 Å². The summed E-state index contributed by atoms with van der Waals surface area (Å²) in [6, 6.07) is 17.9. The molecule has 0 amide bonds. The van der Waals surface area contributed by atoms with E-state index in [9.17, 15) is 0 Å². The summed E-state index contributed by atoms with van der Waals surface area (Å²) >= 11 is 0. The van der Waals surface area contributed by atoms with Crippen LogP contribution in [0.4, 0.5) is 5.69 Å². The van der Waals surface area contributed by atoms with Gasteiger partial charge in [0.05, 0.1) is 24.0 Å². The van der Waals surface area contributed by atoms with Crippen LogP contribution in [0.2, 0.25) is 0 Å². The molecule has 0 unspecified atom stereocenters. The number of nitrogens with zero attached hydrogens (tertiary/aromatic N) is 2. The summed E-state index contributed by atoms with van der Waals surface area (Å²) < 4.78 is 5.20. The molecule has 2 aromatic carbocycles. The Labute approximate surface area is 135 Å². The van der Waals surface area contributed by atoms with Crippen LogP contribution in [0.25, 0.3) is 10.9 Å². The monoisotopic (exact) mass is 305 g/mol. The van der Waals surface area contributed by atoms with Gasteiger partial charge in [-0.05, 0) is 48.4 Å². The van der Waals surface area contributed by atoms with Crippen LogP contribution in [-0.4, -0.2) is 17.8 Å². The van der Waals surface area contributed by atoms with Crippen LogP contribution in [0.15, 0.2) is 65.9 Å². The zero-order valence-electron chi connectivity index (χ0n) is 13.3. The Bertz CT molecular complexity index is 820. The maximum atomic E-state index is 5.20. The van der Waals surface area contributed by atoms with Crippen LogP contribution in [-0.2, 0) is 0 Å². The number of ether oxygens (including phenoxy) is 1. The molecule has 0 aliphatic heterocycles. The third-order valence-electron chi connectivity index (χ3n) is 3.70. The first-order chi connectivity index (χ1) is 11.3. The normalized spacial score (nSPS) is 11.5. The van der Waals surface area contributed by atoms with E-state index >= 15 is 0 Å². The number of aromatic nitrogens is 1. The van der Waals surface area contributed by atoms with Crippen molar-refractivity contribution < 1.29 is 4.74 Å². The SMILES string of the molecule is CC/C(=N\Nc1cccc2cccnc12)c1ccc(OC)cc1. The van der Waals surface area contributed by atoms with Crippen molar-refractivity contribution in [3.05, 3.63) is 66.4 Å². The van der Waals surface area contributed by atoms with Crippen LogP contribution < -0.4 is 10.2 Å². The Morgan fingerprint density at radius 2 is 1.87 bits per heavy atom. The van der Waals surface area contributed by atoms with E-state index in [0.717, 1.165) is 40.0 Å². The van der Waals surface area contributed by atoms with Gasteiger partial charge in [0, 0.05) is 11.6 Å². The molecule has 23 heavy (non-hydrogen) atoms. The molecule has 1 N–H and O–H groups in total. The molecular weight excluding hydrogens is 286 g/mol. The highest BCUT2D eigenvalue weighted by Crippen LogP contribution is 2.21. The molecule has 3 rings (SSSR count). The van der Waals surface area contributed by atoms with Crippen molar-refractivity contribution in [3.8, 4) is 5.75 Å². The number of anilines is 1. The van der Waals surface area contributed by atoms with Gasteiger partial charge in [0.2, 0.25) is 0 Å². The fourth-order valence-electron chi connectivity index (χ4n) is 2.45. The van der Waals surface area contributed by atoms with E-state index in [1.54, 1.807) is 13.3 Å². The average Bonchev–Trinajstić information content (AvgIpc) is 2.63. The van der Waals surface area contributed by atoms with Gasteiger partial charge < -0.3 is 4.74 Å². The molecular formula is C19H19N3O. The standard InChI is InChI=1S/C19H19N3O/c1-3-17(14-9-11-16(23-2)12-10-14)21-22-18-8-4-6-15-7-5-13-20-19(15)18/h4-13,22H,3H2,1-2H3/b21-17+. The van der Waals surface area contributed by atoms with Crippen molar-refractivity contribution in [2.75, 3.05) is 12.5 Å². The molecule has 1 heterocycles. The Balaban J connectivity index is 1.89. The van der Waals surface area contributed by atoms with E-state index < -0.39 is 0 Å². The fraction of sp³-hybridized carbons (Fsp3) is 0.158. The van der Waals surface area contributed by atoms with Crippen molar-refractivity contribution in [1.29, 1.82) is 0 Å². The van der Waals surface area contributed by atoms with Gasteiger partial charge in [-0.25, -0.2) is 0 Å². The predicted molar refractivity (Wildman–Crippen MR) is 95.2 cm³/mol. The minimum Gasteiger partial charge on any atom is -0.497 e. The van der Waals surface area contributed by atoms with Gasteiger partial charge >= 0.3 is 0 Å². The van der Waals surface area contributed by atoms with E-state index in [1.165, 1.54) is 0 Å². The molecule has 3 aromatic rings. The number of pyridine rings is 1. The van der Waals surface area contributed by atoms with Crippen LogP contribution in [0, 0.1) is 0 Å². The highest BCUT2D eigenvalue weighted by Gasteiger charge is 2.04. The molecule has 4 nitrogen and oxygen atoms in total. The van der Waals surface area contributed by atoms with Gasteiger partial charge in [-0.1, -0.05) is 25.1 Å². The van der Waals surface area contributed by atoms with Crippen molar-refractivity contribution in [2.45, 2.75) is 13.3 Å². The number of benzene rings is 2. The second kappa shape index (κ2) is 6.92. The first-order valence-electron chi connectivity index (χ1n) is 7.62. The number of para-hydroxylation sites is 1. The minimum atomic E-state index is 0.831. The van der Waals surface area contributed by atoms with Gasteiger partial charge in [-0.3, -0.25) is 10.4 Å². The minimum absolute atomic E-state index is 0.831. The number of hydrogen-bond donors (Lipinski definition) is 1. The second-order valence-corrected chi connectivity index (χ2v) is 5.13. The molecule has 0 aliphatic carbocycles. The molecule has 0 bridgehead atoms. The van der Waals surface area contributed by atoms with Crippen LogP contribution >= 0.6 is 0 Å². The van der Waals surface area contributed by atoms with Crippen molar-refractivity contribution in [1.82, 2.24) is 4.98 Å². The number of nitrogens with one attached hydrogen (secondary N) is 1. The summed E-state index contributed by atoms with van der Waals surface area (Å²) in [6.07, 6.45) is 2.62. The van der Waals surface area contributed by atoms with Gasteiger partial charge in [-0.2, -0.15) is 5.10 Å². The van der Waals surface area contributed by atoms with Crippen molar-refractivity contribution >= 4 is 22.3 Å². The van der Waals surface area contributed by atoms with E-state index in [2.05, 4.69) is 22.4 Å². The molecule has 0 fully saturated rings. The lowest BCUT2D eigenvalue weighted by molar-refractivity contribution is 0.415. The zero-order chi connectivity index (χ0) is 16.1. The summed E-state index contributed by atoms with van der Waals surface area (Å²) in [5, 5.41) is 5.67. The highest BCUT2D eigenvalue weighted by molar-refractivity contribution is 6.01. The summed E-state index contributed by atoms with van der Waals surface area (Å²) in [7, 11) is 1.67. The van der Waals surface area contributed by atoms with Gasteiger partial charge in [0.25, 0.3) is 0 Å². The number of hydrogen-bond acceptors (Lipinski definition) is 4. The predicted octanol–water partition coefficient (Wildman–Crippen LogP) is 4.47. The quantitative estimate of drug-likeness (QED) is 0.559. The third kappa shape index (κ3) is 3.31. The number of fused-ring (bicyclic) bond motifs is 1. The lowest BCUT2D eigenvalue weighted by Gasteiger charge is -2.08. The fourth-order valence-corrected chi connectivity index (χ4v) is 2.45. The summed E-state index contributed by atoms with van der Waals surface area (Å²) in [6.45, 7) is 2.09. The van der Waals surface area contributed by atoms with Gasteiger partial charge in [0.1, 0.15) is 5.75 Å². The van der Waals surface area contributed by atoms with E-state index in [1.807, 2.05) is 54.6 Å². The van der Waals surface area contributed by atoms with Gasteiger partial charge in [-0.15, -0.1) is 0 Å². The zero-order valence-corrected chi connectivity index (χ0v) is 13.3. The van der Waals surface area contributed by atoms with Crippen LogP contribution in [0.5, 0.6) is 5.75 Å². The molecule has 0 saturated heterocycles. The topological polar surface area (TPSA) is 46.5 Å². The first kappa shape index (κ1) is 15.0. The Morgan fingerprint density at radius 1 is 1.09 bits per heavy atom. The van der Waals surface area contributed by atoms with Gasteiger partial charge in [0.15, 0.2) is 0 Å². The van der Waals surface area contributed by atoms with E-state index in [-0.39, 0.29) is 0 Å². The molecule has 116 valence electrons. The van der Waals surface area contributed by atoms with E-state index in [4.69, 9.17) is 4.74 Å². The molecule has 4 heteroatoms. The molecule has 0 saturated carbocycles. The summed E-state index contributed by atoms with van der Waals surface area (Å²) in [4.78, 5) is 4.43. The molecule has 0 radical (unpaired) electrons. The lowest BCUT2D eigenvalue weighted by atomic mass is 10.1. The Morgan fingerprint density at radius 3 is 2.61 bits per heavy atom. The first-order valence-corrected chi connectivity index (χ1v) is 7.62. The molecule has 0 spiro atoms. The summed E-state index contributed by atoms with van der Waals surface area (Å²) in [5.74, 6) is 0.843. The smallest absolute Gasteiger partial charge is 0.118 e. The number of rotatable bonds is 5. The van der Waals surface area contributed by atoms with Crippen LogP contribution in [0.1, 0.15) is 18.9 Å². The number of hydrazone groups is 1.